The number of allylic oxidation sites excluding steroid dienone is 1. The van der Waals surface area contributed by atoms with Crippen LogP contribution in [-0.4, -0.2) is 37.9 Å². The first-order chi connectivity index (χ1) is 11.0. The molecule has 0 radical (unpaired) electrons. The van der Waals surface area contributed by atoms with E-state index in [1.807, 2.05) is 38.4 Å². The highest BCUT2D eigenvalue weighted by atomic mass is 16.5. The molecule has 0 spiro atoms. The number of carbonyl (C=O) groups is 1. The summed E-state index contributed by atoms with van der Waals surface area (Å²) < 4.78 is 5.97. The molecule has 0 aromatic heterocycles. The van der Waals surface area contributed by atoms with Crippen molar-refractivity contribution in [3.63, 3.8) is 0 Å². The van der Waals surface area contributed by atoms with Crippen molar-refractivity contribution in [2.24, 2.45) is 17.3 Å². The lowest BCUT2D eigenvalue weighted by molar-refractivity contribution is -0.133. The highest BCUT2D eigenvalue weighted by molar-refractivity contribution is 5.83. The van der Waals surface area contributed by atoms with Crippen molar-refractivity contribution in [1.82, 2.24) is 4.90 Å². The molecule has 0 heterocycles. The number of Topliss-reactive ketones (excluding diaryl/α,β-unsaturated/α-hetero) is 1. The van der Waals surface area contributed by atoms with Crippen LogP contribution in [0.1, 0.15) is 25.3 Å². The Morgan fingerprint density at radius 1 is 1.35 bits per heavy atom. The van der Waals surface area contributed by atoms with E-state index in [0.717, 1.165) is 13.0 Å². The fourth-order valence-electron chi connectivity index (χ4n) is 3.56. The second kappa shape index (κ2) is 7.89. The molecule has 1 aromatic carbocycles. The van der Waals surface area contributed by atoms with Crippen LogP contribution in [0.2, 0.25) is 0 Å². The van der Waals surface area contributed by atoms with Gasteiger partial charge in [-0.25, -0.2) is 0 Å². The second-order valence-electron chi connectivity index (χ2n) is 7.09. The maximum atomic E-state index is 12.4. The van der Waals surface area contributed by atoms with Gasteiger partial charge in [-0.1, -0.05) is 43.3 Å². The van der Waals surface area contributed by atoms with Crippen LogP contribution in [-0.2, 0) is 16.1 Å². The van der Waals surface area contributed by atoms with E-state index in [-0.39, 0.29) is 11.3 Å². The van der Waals surface area contributed by atoms with Crippen LogP contribution in [0.3, 0.4) is 0 Å². The number of carbonyl (C=O) groups excluding carboxylic acids is 1. The minimum atomic E-state index is -0.198. The lowest BCUT2D eigenvalue weighted by Crippen LogP contribution is -2.48. The van der Waals surface area contributed by atoms with Gasteiger partial charge in [0.15, 0.2) is 0 Å². The summed E-state index contributed by atoms with van der Waals surface area (Å²) in [6.07, 6.45) is 3.52. The molecule has 1 saturated carbocycles. The van der Waals surface area contributed by atoms with Gasteiger partial charge in [0.1, 0.15) is 5.78 Å². The molecule has 0 amide bonds. The zero-order valence-corrected chi connectivity index (χ0v) is 14.6. The first-order valence-electron chi connectivity index (χ1n) is 8.40. The average molecular weight is 315 g/mol. The Labute approximate surface area is 140 Å². The normalized spacial score (nSPS) is 28.1. The molecule has 3 nitrogen and oxygen atoms in total. The summed E-state index contributed by atoms with van der Waals surface area (Å²) in [6, 6.07) is 10.2. The van der Waals surface area contributed by atoms with E-state index in [4.69, 9.17) is 4.74 Å². The van der Waals surface area contributed by atoms with E-state index >= 15 is 0 Å². The van der Waals surface area contributed by atoms with Crippen molar-refractivity contribution < 1.29 is 9.53 Å². The van der Waals surface area contributed by atoms with Crippen LogP contribution >= 0.6 is 0 Å². The topological polar surface area (TPSA) is 29.5 Å². The van der Waals surface area contributed by atoms with Crippen LogP contribution in [0.5, 0.6) is 0 Å². The van der Waals surface area contributed by atoms with Gasteiger partial charge in [-0.3, -0.25) is 4.79 Å². The van der Waals surface area contributed by atoms with Crippen LogP contribution in [0.4, 0.5) is 0 Å². The minimum absolute atomic E-state index is 0.00840. The first-order valence-corrected chi connectivity index (χ1v) is 8.40. The Balaban J connectivity index is 2.02. The number of rotatable bonds is 7. The van der Waals surface area contributed by atoms with Gasteiger partial charge in [-0.2, -0.15) is 0 Å². The van der Waals surface area contributed by atoms with E-state index in [1.165, 1.54) is 5.56 Å². The molecule has 3 heteroatoms. The summed E-state index contributed by atoms with van der Waals surface area (Å²) in [5.74, 6) is 0.709. The summed E-state index contributed by atoms with van der Waals surface area (Å²) in [4.78, 5) is 14.5. The van der Waals surface area contributed by atoms with Gasteiger partial charge in [0.2, 0.25) is 0 Å². The smallest absolute Gasteiger partial charge is 0.138 e. The average Bonchev–Trinajstić information content (AvgIpc) is 2.54. The minimum Gasteiger partial charge on any atom is -0.376 e. The number of hydrogen-bond acceptors (Lipinski definition) is 3. The Kier molecular flexibility index (Phi) is 6.14. The second-order valence-corrected chi connectivity index (χ2v) is 7.09. The van der Waals surface area contributed by atoms with Crippen molar-refractivity contribution >= 4 is 5.78 Å². The molecule has 0 bridgehead atoms. The summed E-state index contributed by atoms with van der Waals surface area (Å²) in [6.45, 7) is 8.28. The lowest BCUT2D eigenvalue weighted by Gasteiger charge is -2.45. The van der Waals surface area contributed by atoms with Crippen molar-refractivity contribution in [3.05, 3.63) is 48.6 Å². The van der Waals surface area contributed by atoms with Crippen molar-refractivity contribution in [3.8, 4) is 0 Å². The van der Waals surface area contributed by atoms with Gasteiger partial charge < -0.3 is 9.64 Å². The van der Waals surface area contributed by atoms with Gasteiger partial charge in [0, 0.05) is 24.3 Å². The molecular formula is C20H29NO2. The van der Waals surface area contributed by atoms with E-state index in [2.05, 4.69) is 30.5 Å². The maximum Gasteiger partial charge on any atom is 0.138 e. The predicted molar refractivity (Wildman–Crippen MR) is 94.2 cm³/mol. The molecule has 2 rings (SSSR count). The Bertz CT molecular complexity index is 526. The van der Waals surface area contributed by atoms with Crippen LogP contribution in [0.15, 0.2) is 43.0 Å². The van der Waals surface area contributed by atoms with Crippen molar-refractivity contribution in [1.29, 1.82) is 0 Å². The SMILES string of the molecule is C=C[C@]1(C)C(CN(C)C)C(=O)CC[C@H]1COCc1ccccc1. The number of benzene rings is 1. The molecule has 1 aliphatic carbocycles. The maximum absolute atomic E-state index is 12.4. The fraction of sp³-hybridized carbons (Fsp3) is 0.550. The van der Waals surface area contributed by atoms with Gasteiger partial charge >= 0.3 is 0 Å². The quantitative estimate of drug-likeness (QED) is 0.721. The first kappa shape index (κ1) is 17.9. The summed E-state index contributed by atoms with van der Waals surface area (Å²) in [5, 5.41) is 0. The summed E-state index contributed by atoms with van der Waals surface area (Å²) >= 11 is 0. The predicted octanol–water partition coefficient (Wildman–Crippen LogP) is 3.55. The summed E-state index contributed by atoms with van der Waals surface area (Å²) in [7, 11) is 4.04. The van der Waals surface area contributed by atoms with Crippen molar-refractivity contribution in [2.45, 2.75) is 26.4 Å². The molecule has 1 aromatic rings. The molecular weight excluding hydrogens is 286 g/mol. The largest absolute Gasteiger partial charge is 0.376 e. The number of ether oxygens (including phenoxy) is 1. The Hall–Kier alpha value is -1.45. The van der Waals surface area contributed by atoms with E-state index < -0.39 is 0 Å². The standard InChI is InChI=1S/C20H29NO2/c1-5-20(2)17(11-12-19(22)18(20)13-21(3)4)15-23-14-16-9-7-6-8-10-16/h5-10,17-18H,1,11-15H2,2-4H3/t17-,18?,20-/m0/s1. The number of hydrogen-bond donors (Lipinski definition) is 0. The van der Waals surface area contributed by atoms with Gasteiger partial charge in [-0.15, -0.1) is 6.58 Å². The van der Waals surface area contributed by atoms with Gasteiger partial charge in [-0.05, 0) is 32.0 Å². The monoisotopic (exact) mass is 315 g/mol. The molecule has 0 N–H and O–H groups in total. The number of ketones is 1. The summed E-state index contributed by atoms with van der Waals surface area (Å²) in [5.41, 5.74) is 0.987. The molecule has 0 aliphatic heterocycles. The van der Waals surface area contributed by atoms with E-state index in [9.17, 15) is 4.79 Å². The van der Waals surface area contributed by atoms with Gasteiger partial charge in [0.25, 0.3) is 0 Å². The zero-order valence-electron chi connectivity index (χ0n) is 14.6. The van der Waals surface area contributed by atoms with Crippen LogP contribution in [0, 0.1) is 17.3 Å². The molecule has 1 unspecified atom stereocenters. The molecule has 0 saturated heterocycles. The fourth-order valence-corrected chi connectivity index (χ4v) is 3.56. The Morgan fingerprint density at radius 3 is 2.65 bits per heavy atom. The lowest BCUT2D eigenvalue weighted by atomic mass is 9.60. The van der Waals surface area contributed by atoms with Crippen LogP contribution < -0.4 is 0 Å². The van der Waals surface area contributed by atoms with Gasteiger partial charge in [0.05, 0.1) is 13.2 Å². The molecule has 1 fully saturated rings. The third-order valence-corrected chi connectivity index (χ3v) is 5.18. The van der Waals surface area contributed by atoms with E-state index in [0.29, 0.717) is 31.3 Å². The van der Waals surface area contributed by atoms with Crippen LogP contribution in [0.25, 0.3) is 0 Å². The number of nitrogens with zero attached hydrogens (tertiary/aromatic N) is 1. The Morgan fingerprint density at radius 2 is 2.04 bits per heavy atom. The van der Waals surface area contributed by atoms with Crippen molar-refractivity contribution in [2.75, 3.05) is 27.2 Å². The molecule has 23 heavy (non-hydrogen) atoms. The van der Waals surface area contributed by atoms with E-state index in [1.54, 1.807) is 0 Å². The highest BCUT2D eigenvalue weighted by Crippen LogP contribution is 2.45. The molecule has 3 atom stereocenters. The third-order valence-electron chi connectivity index (χ3n) is 5.18. The molecule has 126 valence electrons. The third kappa shape index (κ3) is 4.30. The molecule has 1 aliphatic rings. The zero-order chi connectivity index (χ0) is 16.9. The highest BCUT2D eigenvalue weighted by Gasteiger charge is 2.46.